The van der Waals surface area contributed by atoms with Crippen LogP contribution in [0.15, 0.2) is 54.6 Å². The molecule has 0 fully saturated rings. The number of hydrogen-bond acceptors (Lipinski definition) is 5. The molecule has 1 amide bonds. The number of carbonyl (C=O) groups excluding carboxylic acids is 2. The van der Waals surface area contributed by atoms with Gasteiger partial charge < -0.3 is 20.5 Å². The molecule has 6 nitrogen and oxygen atoms in total. The summed E-state index contributed by atoms with van der Waals surface area (Å²) in [5.41, 5.74) is 8.37. The molecular weight excluding hydrogens is 368 g/mol. The second-order valence-corrected chi connectivity index (χ2v) is 7.86. The van der Waals surface area contributed by atoms with Gasteiger partial charge in [-0.3, -0.25) is 4.79 Å². The maximum Gasteiger partial charge on any atom is 0.407 e. The molecule has 29 heavy (non-hydrogen) atoms. The lowest BCUT2D eigenvalue weighted by molar-refractivity contribution is -0.146. The second-order valence-electron chi connectivity index (χ2n) is 7.86. The molecule has 1 atom stereocenters. The SMILES string of the molecule is CC(C)(C)OC(=O)NCc1ccccc1CC[C@@H](N)C(=O)OCc1ccccc1. The highest BCUT2D eigenvalue weighted by Gasteiger charge is 2.18. The molecule has 156 valence electrons. The maximum atomic E-state index is 12.1. The Balaban J connectivity index is 1.83. The third kappa shape index (κ3) is 8.35. The highest BCUT2D eigenvalue weighted by atomic mass is 16.6. The van der Waals surface area contributed by atoms with Crippen molar-refractivity contribution in [2.75, 3.05) is 0 Å². The summed E-state index contributed by atoms with van der Waals surface area (Å²) in [5, 5.41) is 2.76. The van der Waals surface area contributed by atoms with Crippen molar-refractivity contribution in [3.63, 3.8) is 0 Å². The third-order valence-corrected chi connectivity index (χ3v) is 4.19. The summed E-state index contributed by atoms with van der Waals surface area (Å²) >= 11 is 0. The Morgan fingerprint density at radius 2 is 1.62 bits per heavy atom. The standard InChI is InChI=1S/C23H30N2O4/c1-23(2,3)29-22(27)25-15-19-12-8-7-11-18(19)13-14-20(24)21(26)28-16-17-9-5-4-6-10-17/h4-12,20H,13-16,24H2,1-3H3,(H,25,27)/t20-/m1/s1. The molecule has 2 rings (SSSR count). The van der Waals surface area contributed by atoms with Gasteiger partial charge in [-0.15, -0.1) is 0 Å². The van der Waals surface area contributed by atoms with Gasteiger partial charge in [0.25, 0.3) is 0 Å². The van der Waals surface area contributed by atoms with Crippen molar-refractivity contribution in [2.24, 2.45) is 5.73 Å². The molecule has 0 aliphatic carbocycles. The first-order chi connectivity index (χ1) is 13.7. The second kappa shape index (κ2) is 10.6. The van der Waals surface area contributed by atoms with Crippen LogP contribution in [-0.4, -0.2) is 23.7 Å². The van der Waals surface area contributed by atoms with Gasteiger partial charge >= 0.3 is 12.1 Å². The van der Waals surface area contributed by atoms with Crippen molar-refractivity contribution in [1.29, 1.82) is 0 Å². The number of aryl methyl sites for hydroxylation is 1. The molecule has 0 radical (unpaired) electrons. The van der Waals surface area contributed by atoms with E-state index in [1.165, 1.54) is 0 Å². The van der Waals surface area contributed by atoms with E-state index in [1.807, 2.05) is 75.4 Å². The van der Waals surface area contributed by atoms with Gasteiger partial charge in [0.05, 0.1) is 0 Å². The fraction of sp³-hybridized carbons (Fsp3) is 0.391. The third-order valence-electron chi connectivity index (χ3n) is 4.19. The summed E-state index contributed by atoms with van der Waals surface area (Å²) in [4.78, 5) is 24.0. The molecule has 0 aliphatic heterocycles. The number of ether oxygens (including phenoxy) is 2. The summed E-state index contributed by atoms with van der Waals surface area (Å²) in [7, 11) is 0. The molecule has 0 aromatic heterocycles. The Morgan fingerprint density at radius 1 is 1.00 bits per heavy atom. The Bertz CT molecular complexity index is 800. The summed E-state index contributed by atoms with van der Waals surface area (Å²) < 4.78 is 10.6. The molecule has 0 unspecified atom stereocenters. The van der Waals surface area contributed by atoms with Crippen molar-refractivity contribution in [3.8, 4) is 0 Å². The van der Waals surface area contributed by atoms with Gasteiger partial charge in [0.2, 0.25) is 0 Å². The molecule has 0 heterocycles. The topological polar surface area (TPSA) is 90.6 Å². The number of esters is 1. The van der Waals surface area contributed by atoms with E-state index in [0.717, 1.165) is 16.7 Å². The van der Waals surface area contributed by atoms with Crippen molar-refractivity contribution >= 4 is 12.1 Å². The van der Waals surface area contributed by atoms with Crippen molar-refractivity contribution in [1.82, 2.24) is 5.32 Å². The zero-order valence-electron chi connectivity index (χ0n) is 17.3. The van der Waals surface area contributed by atoms with Gasteiger partial charge in [-0.05, 0) is 50.3 Å². The minimum Gasteiger partial charge on any atom is -0.460 e. The number of alkyl carbamates (subject to hydrolysis) is 1. The minimum absolute atomic E-state index is 0.212. The summed E-state index contributed by atoms with van der Waals surface area (Å²) in [6.45, 7) is 6.01. The van der Waals surface area contributed by atoms with E-state index in [1.54, 1.807) is 0 Å². The number of nitrogens with two attached hydrogens (primary N) is 1. The monoisotopic (exact) mass is 398 g/mol. The van der Waals surface area contributed by atoms with Gasteiger partial charge in [0.15, 0.2) is 0 Å². The Kier molecular flexibility index (Phi) is 8.21. The largest absolute Gasteiger partial charge is 0.460 e. The average Bonchev–Trinajstić information content (AvgIpc) is 2.68. The molecule has 0 aliphatic rings. The fourth-order valence-electron chi connectivity index (χ4n) is 2.72. The van der Waals surface area contributed by atoms with E-state index in [0.29, 0.717) is 19.4 Å². The number of hydrogen-bond donors (Lipinski definition) is 2. The lowest BCUT2D eigenvalue weighted by Gasteiger charge is -2.20. The zero-order valence-corrected chi connectivity index (χ0v) is 17.3. The van der Waals surface area contributed by atoms with Crippen LogP contribution in [0.4, 0.5) is 4.79 Å². The molecule has 2 aromatic carbocycles. The molecule has 6 heteroatoms. The first-order valence-corrected chi connectivity index (χ1v) is 9.74. The predicted octanol–water partition coefficient (Wildman–Crippen LogP) is 3.71. The summed E-state index contributed by atoms with van der Waals surface area (Å²) in [6, 6.07) is 16.5. The Morgan fingerprint density at radius 3 is 2.28 bits per heavy atom. The van der Waals surface area contributed by atoms with Crippen LogP contribution in [0.5, 0.6) is 0 Å². The van der Waals surface area contributed by atoms with Gasteiger partial charge in [-0.25, -0.2) is 4.79 Å². The maximum absolute atomic E-state index is 12.1. The van der Waals surface area contributed by atoms with Crippen LogP contribution in [0.1, 0.15) is 43.9 Å². The molecule has 0 saturated carbocycles. The van der Waals surface area contributed by atoms with Crippen molar-refractivity contribution in [3.05, 3.63) is 71.3 Å². The van der Waals surface area contributed by atoms with Crippen LogP contribution >= 0.6 is 0 Å². The zero-order chi connectivity index (χ0) is 21.3. The normalized spacial score (nSPS) is 12.1. The van der Waals surface area contributed by atoms with Crippen LogP contribution in [0.2, 0.25) is 0 Å². The lowest BCUT2D eigenvalue weighted by atomic mass is 10.0. The number of rotatable bonds is 8. The number of nitrogens with one attached hydrogen (secondary N) is 1. The van der Waals surface area contributed by atoms with E-state index in [9.17, 15) is 9.59 Å². The molecule has 0 bridgehead atoms. The molecule has 0 saturated heterocycles. The van der Waals surface area contributed by atoms with E-state index in [4.69, 9.17) is 15.2 Å². The van der Waals surface area contributed by atoms with Crippen molar-refractivity contribution < 1.29 is 19.1 Å². The number of benzene rings is 2. The molecule has 3 N–H and O–H groups in total. The van der Waals surface area contributed by atoms with Gasteiger partial charge in [0, 0.05) is 6.54 Å². The number of amides is 1. The highest BCUT2D eigenvalue weighted by molar-refractivity contribution is 5.75. The lowest BCUT2D eigenvalue weighted by Crippen LogP contribution is -2.33. The van der Waals surface area contributed by atoms with E-state index >= 15 is 0 Å². The predicted molar refractivity (Wildman–Crippen MR) is 112 cm³/mol. The smallest absolute Gasteiger partial charge is 0.407 e. The molecule has 2 aromatic rings. The fourth-order valence-corrected chi connectivity index (χ4v) is 2.72. The summed E-state index contributed by atoms with van der Waals surface area (Å²) in [6.07, 6.45) is 0.596. The first kappa shape index (κ1) is 22.4. The van der Waals surface area contributed by atoms with Gasteiger partial charge in [0.1, 0.15) is 18.2 Å². The quantitative estimate of drug-likeness (QED) is 0.662. The van der Waals surface area contributed by atoms with Gasteiger partial charge in [-0.1, -0.05) is 54.6 Å². The van der Waals surface area contributed by atoms with E-state index < -0.39 is 23.7 Å². The van der Waals surface area contributed by atoms with E-state index in [2.05, 4.69) is 5.32 Å². The highest BCUT2D eigenvalue weighted by Crippen LogP contribution is 2.13. The first-order valence-electron chi connectivity index (χ1n) is 9.74. The molecule has 0 spiro atoms. The molecular formula is C23H30N2O4. The van der Waals surface area contributed by atoms with Crippen LogP contribution in [-0.2, 0) is 33.8 Å². The van der Waals surface area contributed by atoms with Crippen LogP contribution in [0.25, 0.3) is 0 Å². The van der Waals surface area contributed by atoms with E-state index in [-0.39, 0.29) is 6.61 Å². The summed E-state index contributed by atoms with van der Waals surface area (Å²) in [5.74, 6) is -0.418. The Hall–Kier alpha value is -2.86. The van der Waals surface area contributed by atoms with Crippen LogP contribution in [0, 0.1) is 0 Å². The van der Waals surface area contributed by atoms with Gasteiger partial charge in [-0.2, -0.15) is 0 Å². The minimum atomic E-state index is -0.703. The Labute approximate surface area is 172 Å². The number of carbonyl (C=O) groups is 2. The van der Waals surface area contributed by atoms with Crippen molar-refractivity contribution in [2.45, 2.75) is 58.4 Å². The van der Waals surface area contributed by atoms with Crippen LogP contribution < -0.4 is 11.1 Å². The van der Waals surface area contributed by atoms with Crippen LogP contribution in [0.3, 0.4) is 0 Å². The average molecular weight is 399 g/mol.